The van der Waals surface area contributed by atoms with E-state index < -0.39 is 0 Å². The van der Waals surface area contributed by atoms with Gasteiger partial charge in [-0.15, -0.1) is 11.3 Å². The van der Waals surface area contributed by atoms with Crippen LogP contribution in [0.25, 0.3) is 0 Å². The summed E-state index contributed by atoms with van der Waals surface area (Å²) >= 11 is 1.67. The van der Waals surface area contributed by atoms with E-state index in [1.54, 1.807) is 11.3 Å². The van der Waals surface area contributed by atoms with Gasteiger partial charge in [-0.3, -0.25) is 4.79 Å². The lowest BCUT2D eigenvalue weighted by molar-refractivity contribution is -0.135. The van der Waals surface area contributed by atoms with E-state index in [1.807, 2.05) is 17.5 Å². The monoisotopic (exact) mass is 308 g/mol. The van der Waals surface area contributed by atoms with Gasteiger partial charge in [0, 0.05) is 36.5 Å². The Morgan fingerprint density at radius 1 is 1.43 bits per heavy atom. The van der Waals surface area contributed by atoms with Crippen LogP contribution < -0.4 is 0 Å². The van der Waals surface area contributed by atoms with Crippen LogP contribution in [0.1, 0.15) is 17.7 Å². The number of rotatable bonds is 2. The number of carbonyl (C=O) groups is 1. The molecule has 2 aliphatic rings. The molecule has 0 radical (unpaired) electrons. The van der Waals surface area contributed by atoms with Crippen LogP contribution in [0.5, 0.6) is 0 Å². The zero-order valence-corrected chi connectivity index (χ0v) is 13.5. The fourth-order valence-electron chi connectivity index (χ4n) is 3.55. The number of likely N-dealkylation sites (tertiary alicyclic amines) is 1. The van der Waals surface area contributed by atoms with E-state index in [0.717, 1.165) is 50.7 Å². The Morgan fingerprint density at radius 2 is 2.33 bits per heavy atom. The smallest absolute Gasteiger partial charge is 0.227 e. The maximum atomic E-state index is 12.5. The molecule has 2 saturated heterocycles. The normalized spacial score (nSPS) is 27.8. The third-order valence-corrected chi connectivity index (χ3v) is 5.43. The van der Waals surface area contributed by atoms with Gasteiger partial charge in [0.15, 0.2) is 0 Å². The van der Waals surface area contributed by atoms with Crippen molar-refractivity contribution < 1.29 is 9.53 Å². The number of carbonyl (C=O) groups excluding carboxylic acids is 1. The van der Waals surface area contributed by atoms with E-state index in [4.69, 9.17) is 4.74 Å². The Labute approximate surface area is 130 Å². The fraction of sp³-hybridized carbons (Fsp3) is 0.688. The standard InChI is InChI=1S/C16H24N2O2S/c1-17-7-8-20-13-16(11-17)5-3-6-18(12-16)15(19)10-14-4-2-9-21-14/h2,4,9H,3,5-8,10-13H2,1H3/t16-/m0/s1. The lowest BCUT2D eigenvalue weighted by Crippen LogP contribution is -2.52. The number of nitrogens with zero attached hydrogens (tertiary/aromatic N) is 2. The minimum Gasteiger partial charge on any atom is -0.379 e. The SMILES string of the molecule is CN1CCOC[C@@]2(CCCN(C(=O)Cc3cccs3)C2)C1. The highest BCUT2D eigenvalue weighted by molar-refractivity contribution is 7.10. The number of likely N-dealkylation sites (N-methyl/N-ethyl adjacent to an activating group) is 1. The summed E-state index contributed by atoms with van der Waals surface area (Å²) in [5.41, 5.74) is 0.134. The van der Waals surface area contributed by atoms with Crippen LogP contribution >= 0.6 is 11.3 Å². The second-order valence-electron chi connectivity index (χ2n) is 6.47. The number of thiophene rings is 1. The number of ether oxygens (including phenoxy) is 1. The summed E-state index contributed by atoms with van der Waals surface area (Å²) in [4.78, 5) is 18.1. The van der Waals surface area contributed by atoms with Gasteiger partial charge >= 0.3 is 0 Å². The van der Waals surface area contributed by atoms with E-state index in [9.17, 15) is 4.79 Å². The van der Waals surface area contributed by atoms with E-state index in [-0.39, 0.29) is 11.3 Å². The first-order valence-electron chi connectivity index (χ1n) is 7.73. The highest BCUT2D eigenvalue weighted by Crippen LogP contribution is 2.33. The summed E-state index contributed by atoms with van der Waals surface area (Å²) in [7, 11) is 2.16. The summed E-state index contributed by atoms with van der Waals surface area (Å²) in [5.74, 6) is 0.267. The van der Waals surface area contributed by atoms with Gasteiger partial charge in [0.25, 0.3) is 0 Å². The maximum absolute atomic E-state index is 12.5. The van der Waals surface area contributed by atoms with E-state index >= 15 is 0 Å². The van der Waals surface area contributed by atoms with Crippen molar-refractivity contribution in [2.75, 3.05) is 46.4 Å². The Kier molecular flexibility index (Phi) is 4.62. The third kappa shape index (κ3) is 3.65. The average Bonchev–Trinajstić information content (AvgIpc) is 2.90. The largest absolute Gasteiger partial charge is 0.379 e. The Morgan fingerprint density at radius 3 is 3.14 bits per heavy atom. The van der Waals surface area contributed by atoms with E-state index in [0.29, 0.717) is 6.42 Å². The Bertz CT molecular complexity index is 477. The summed E-state index contributed by atoms with van der Waals surface area (Å²) in [6.45, 7) is 5.37. The quantitative estimate of drug-likeness (QED) is 0.836. The zero-order chi connectivity index (χ0) is 14.7. The first kappa shape index (κ1) is 15.0. The average molecular weight is 308 g/mol. The molecule has 1 aromatic heterocycles. The first-order valence-corrected chi connectivity index (χ1v) is 8.61. The zero-order valence-electron chi connectivity index (χ0n) is 12.7. The molecule has 0 unspecified atom stereocenters. The van der Waals surface area contributed by atoms with Crippen LogP contribution in [0.4, 0.5) is 0 Å². The highest BCUT2D eigenvalue weighted by Gasteiger charge is 2.39. The van der Waals surface area contributed by atoms with Crippen molar-refractivity contribution in [3.05, 3.63) is 22.4 Å². The topological polar surface area (TPSA) is 32.8 Å². The number of amides is 1. The molecule has 3 heterocycles. The van der Waals surface area contributed by atoms with Crippen molar-refractivity contribution in [3.8, 4) is 0 Å². The van der Waals surface area contributed by atoms with E-state index in [2.05, 4.69) is 16.8 Å². The predicted molar refractivity (Wildman–Crippen MR) is 84.6 cm³/mol. The molecule has 116 valence electrons. The van der Waals surface area contributed by atoms with Crippen molar-refractivity contribution in [1.29, 1.82) is 0 Å². The molecule has 0 N–H and O–H groups in total. The first-order chi connectivity index (χ1) is 10.2. The van der Waals surface area contributed by atoms with Crippen LogP contribution in [-0.4, -0.2) is 62.1 Å². The molecule has 4 nitrogen and oxygen atoms in total. The molecular weight excluding hydrogens is 284 g/mol. The summed E-state index contributed by atoms with van der Waals surface area (Å²) < 4.78 is 5.81. The van der Waals surface area contributed by atoms with Crippen molar-refractivity contribution in [1.82, 2.24) is 9.80 Å². The molecule has 0 aliphatic carbocycles. The molecule has 1 amide bonds. The van der Waals surface area contributed by atoms with Gasteiger partial charge in [0.05, 0.1) is 19.6 Å². The number of hydrogen-bond donors (Lipinski definition) is 0. The third-order valence-electron chi connectivity index (χ3n) is 4.55. The van der Waals surface area contributed by atoms with Gasteiger partial charge in [-0.2, -0.15) is 0 Å². The summed E-state index contributed by atoms with van der Waals surface area (Å²) in [6, 6.07) is 4.06. The molecule has 0 saturated carbocycles. The molecule has 5 heteroatoms. The summed E-state index contributed by atoms with van der Waals surface area (Å²) in [6.07, 6.45) is 2.80. The van der Waals surface area contributed by atoms with Gasteiger partial charge < -0.3 is 14.5 Å². The summed E-state index contributed by atoms with van der Waals surface area (Å²) in [5, 5.41) is 2.04. The minimum absolute atomic E-state index is 0.134. The van der Waals surface area contributed by atoms with Crippen molar-refractivity contribution in [3.63, 3.8) is 0 Å². The van der Waals surface area contributed by atoms with Crippen LogP contribution in [-0.2, 0) is 16.0 Å². The second kappa shape index (κ2) is 6.46. The maximum Gasteiger partial charge on any atom is 0.227 e. The van der Waals surface area contributed by atoms with Crippen LogP contribution in [0.2, 0.25) is 0 Å². The molecule has 0 bridgehead atoms. The van der Waals surface area contributed by atoms with Crippen LogP contribution in [0.15, 0.2) is 17.5 Å². The van der Waals surface area contributed by atoms with Gasteiger partial charge in [-0.05, 0) is 31.3 Å². The van der Waals surface area contributed by atoms with Crippen molar-refractivity contribution in [2.45, 2.75) is 19.3 Å². The van der Waals surface area contributed by atoms with Crippen molar-refractivity contribution >= 4 is 17.2 Å². The lowest BCUT2D eigenvalue weighted by atomic mass is 9.80. The molecule has 2 fully saturated rings. The number of hydrogen-bond acceptors (Lipinski definition) is 4. The molecule has 2 aliphatic heterocycles. The molecule has 1 atom stereocenters. The predicted octanol–water partition coefficient (Wildman–Crippen LogP) is 1.86. The molecule has 1 spiro atoms. The molecule has 3 rings (SSSR count). The van der Waals surface area contributed by atoms with Gasteiger partial charge in [-0.1, -0.05) is 6.07 Å². The van der Waals surface area contributed by atoms with Gasteiger partial charge in [0.1, 0.15) is 0 Å². The lowest BCUT2D eigenvalue weighted by Gasteiger charge is -2.43. The minimum atomic E-state index is 0.134. The van der Waals surface area contributed by atoms with E-state index in [1.165, 1.54) is 6.42 Å². The Balaban J connectivity index is 1.65. The molecule has 21 heavy (non-hydrogen) atoms. The highest BCUT2D eigenvalue weighted by atomic mass is 32.1. The number of piperidine rings is 1. The van der Waals surface area contributed by atoms with Crippen molar-refractivity contribution in [2.24, 2.45) is 5.41 Å². The second-order valence-corrected chi connectivity index (χ2v) is 7.50. The van der Waals surface area contributed by atoms with Gasteiger partial charge in [-0.25, -0.2) is 0 Å². The Hall–Kier alpha value is -0.910. The fourth-order valence-corrected chi connectivity index (χ4v) is 4.24. The van der Waals surface area contributed by atoms with Crippen LogP contribution in [0.3, 0.4) is 0 Å². The molecule has 0 aromatic carbocycles. The van der Waals surface area contributed by atoms with Gasteiger partial charge in [0.2, 0.25) is 5.91 Å². The molecular formula is C16H24N2O2S. The molecule has 1 aromatic rings. The van der Waals surface area contributed by atoms with Crippen LogP contribution in [0, 0.1) is 5.41 Å².